The molecule has 3 nitrogen and oxygen atoms in total. The number of amides is 1. The van der Waals surface area contributed by atoms with Crippen LogP contribution in [-0.2, 0) is 0 Å². The van der Waals surface area contributed by atoms with Crippen LogP contribution in [0, 0.1) is 0 Å². The maximum Gasteiger partial charge on any atom is 0.255 e. The summed E-state index contributed by atoms with van der Waals surface area (Å²) in [5.41, 5.74) is 1.50. The average Bonchev–Trinajstić information content (AvgIpc) is 2.63. The lowest BCUT2D eigenvalue weighted by atomic mass is 10.0. The summed E-state index contributed by atoms with van der Waals surface area (Å²) in [7, 11) is 0. The highest BCUT2D eigenvalue weighted by atomic mass is 35.5. The highest BCUT2D eigenvalue weighted by Crippen LogP contribution is 2.27. The molecule has 0 aromatic heterocycles. The number of carbonyl (C=O) groups is 2. The number of benzene rings is 3. The van der Waals surface area contributed by atoms with E-state index in [2.05, 4.69) is 5.32 Å². The van der Waals surface area contributed by atoms with E-state index in [1.807, 2.05) is 6.07 Å². The van der Waals surface area contributed by atoms with Crippen molar-refractivity contribution in [2.24, 2.45) is 0 Å². The summed E-state index contributed by atoms with van der Waals surface area (Å²) in [5, 5.41) is 3.50. The lowest BCUT2D eigenvalue weighted by Crippen LogP contribution is -2.15. The molecule has 0 radical (unpaired) electrons. The molecule has 0 aliphatic heterocycles. The number of halogens is 2. The summed E-state index contributed by atoms with van der Waals surface area (Å²) in [6, 6.07) is 20.2. The van der Waals surface area contributed by atoms with Crippen LogP contribution in [0.25, 0.3) is 0 Å². The van der Waals surface area contributed by atoms with Gasteiger partial charge in [-0.05, 0) is 42.5 Å². The molecule has 3 rings (SSSR count). The van der Waals surface area contributed by atoms with Crippen LogP contribution in [0.5, 0.6) is 0 Å². The van der Waals surface area contributed by atoms with Crippen molar-refractivity contribution in [2.45, 2.75) is 0 Å². The Bertz CT molecular complexity index is 939. The van der Waals surface area contributed by atoms with E-state index in [4.69, 9.17) is 23.2 Å². The summed E-state index contributed by atoms with van der Waals surface area (Å²) in [4.78, 5) is 25.3. The van der Waals surface area contributed by atoms with Crippen LogP contribution in [0.15, 0.2) is 72.8 Å². The first kappa shape index (κ1) is 17.2. The van der Waals surface area contributed by atoms with E-state index in [1.165, 1.54) is 6.07 Å². The van der Waals surface area contributed by atoms with E-state index in [1.54, 1.807) is 60.7 Å². The fourth-order valence-electron chi connectivity index (χ4n) is 2.39. The van der Waals surface area contributed by atoms with Crippen molar-refractivity contribution in [2.75, 3.05) is 5.32 Å². The highest BCUT2D eigenvalue weighted by Gasteiger charge is 2.18. The Morgan fingerprint density at radius 3 is 2.16 bits per heavy atom. The second-order valence-corrected chi connectivity index (χ2v) is 6.16. The molecule has 0 saturated carbocycles. The number of hydrogen-bond acceptors (Lipinski definition) is 2. The Morgan fingerprint density at radius 1 is 0.760 bits per heavy atom. The Hall–Kier alpha value is -2.62. The largest absolute Gasteiger partial charge is 0.321 e. The smallest absolute Gasteiger partial charge is 0.255 e. The summed E-state index contributed by atoms with van der Waals surface area (Å²) >= 11 is 12.2. The summed E-state index contributed by atoms with van der Waals surface area (Å²) in [5.74, 6) is -0.618. The molecule has 124 valence electrons. The minimum Gasteiger partial charge on any atom is -0.321 e. The van der Waals surface area contributed by atoms with E-state index in [0.29, 0.717) is 26.9 Å². The molecule has 0 unspecified atom stereocenters. The molecule has 0 fully saturated rings. The van der Waals surface area contributed by atoms with E-state index in [0.717, 1.165) is 0 Å². The zero-order valence-electron chi connectivity index (χ0n) is 13.0. The molecule has 5 heteroatoms. The van der Waals surface area contributed by atoms with Crippen molar-refractivity contribution in [3.05, 3.63) is 99.5 Å². The summed E-state index contributed by atoms with van der Waals surface area (Å²) in [6.07, 6.45) is 0. The minimum atomic E-state index is -0.309. The lowest BCUT2D eigenvalue weighted by molar-refractivity contribution is 0.102. The zero-order chi connectivity index (χ0) is 17.8. The molecule has 0 saturated heterocycles. The van der Waals surface area contributed by atoms with Gasteiger partial charge in [-0.2, -0.15) is 0 Å². The second kappa shape index (κ2) is 7.51. The van der Waals surface area contributed by atoms with Gasteiger partial charge in [-0.15, -0.1) is 0 Å². The minimum absolute atomic E-state index is 0.282. The third kappa shape index (κ3) is 3.90. The Kier molecular flexibility index (Phi) is 5.17. The van der Waals surface area contributed by atoms with Crippen LogP contribution >= 0.6 is 23.2 Å². The highest BCUT2D eigenvalue weighted by molar-refractivity contribution is 6.36. The van der Waals surface area contributed by atoms with Gasteiger partial charge in [0.1, 0.15) is 0 Å². The van der Waals surface area contributed by atoms with Crippen LogP contribution in [0.2, 0.25) is 10.0 Å². The molecule has 0 spiro atoms. The van der Waals surface area contributed by atoms with Gasteiger partial charge in [0.2, 0.25) is 0 Å². The molecular formula is C20H13Cl2NO2. The van der Waals surface area contributed by atoms with Gasteiger partial charge in [-0.1, -0.05) is 53.5 Å². The molecule has 0 aliphatic rings. The van der Waals surface area contributed by atoms with Crippen molar-refractivity contribution in [1.82, 2.24) is 0 Å². The summed E-state index contributed by atoms with van der Waals surface area (Å²) < 4.78 is 0. The van der Waals surface area contributed by atoms with Crippen LogP contribution in [-0.4, -0.2) is 11.7 Å². The molecule has 3 aromatic carbocycles. The van der Waals surface area contributed by atoms with Gasteiger partial charge >= 0.3 is 0 Å². The van der Waals surface area contributed by atoms with E-state index in [-0.39, 0.29) is 17.3 Å². The first-order valence-electron chi connectivity index (χ1n) is 7.51. The Morgan fingerprint density at radius 2 is 1.44 bits per heavy atom. The molecule has 25 heavy (non-hydrogen) atoms. The van der Waals surface area contributed by atoms with Crippen molar-refractivity contribution < 1.29 is 9.59 Å². The molecule has 0 atom stereocenters. The quantitative estimate of drug-likeness (QED) is 0.619. The molecule has 3 aromatic rings. The van der Waals surface area contributed by atoms with Gasteiger partial charge in [0.25, 0.3) is 5.91 Å². The van der Waals surface area contributed by atoms with Gasteiger partial charge in [0.15, 0.2) is 5.78 Å². The van der Waals surface area contributed by atoms with Crippen molar-refractivity contribution in [3.63, 3.8) is 0 Å². The Balaban J connectivity index is 1.98. The van der Waals surface area contributed by atoms with Gasteiger partial charge < -0.3 is 5.32 Å². The average molecular weight is 370 g/mol. The fraction of sp³-hybridized carbons (Fsp3) is 0. The number of carbonyl (C=O) groups excluding carboxylic acids is 2. The number of rotatable bonds is 4. The molecule has 1 N–H and O–H groups in total. The molecule has 0 bridgehead atoms. The monoisotopic (exact) mass is 369 g/mol. The van der Waals surface area contributed by atoms with Crippen molar-refractivity contribution >= 4 is 40.6 Å². The number of ketones is 1. The predicted molar refractivity (Wildman–Crippen MR) is 101 cm³/mol. The third-order valence-corrected chi connectivity index (χ3v) is 4.19. The van der Waals surface area contributed by atoms with Gasteiger partial charge in [-0.3, -0.25) is 9.59 Å². The third-order valence-electron chi connectivity index (χ3n) is 3.63. The van der Waals surface area contributed by atoms with Gasteiger partial charge in [-0.25, -0.2) is 0 Å². The SMILES string of the molecule is O=C(Nc1ccc(Cl)cc1C(=O)c1ccccc1Cl)c1ccccc1. The van der Waals surface area contributed by atoms with Crippen molar-refractivity contribution in [3.8, 4) is 0 Å². The molecule has 1 amide bonds. The van der Waals surface area contributed by atoms with Crippen molar-refractivity contribution in [1.29, 1.82) is 0 Å². The lowest BCUT2D eigenvalue weighted by Gasteiger charge is -2.12. The second-order valence-electron chi connectivity index (χ2n) is 5.32. The maximum absolute atomic E-state index is 12.9. The van der Waals surface area contributed by atoms with Crippen LogP contribution in [0.3, 0.4) is 0 Å². The number of nitrogens with one attached hydrogen (secondary N) is 1. The summed E-state index contributed by atoms with van der Waals surface area (Å²) in [6.45, 7) is 0. The number of anilines is 1. The van der Waals surface area contributed by atoms with E-state index >= 15 is 0 Å². The van der Waals surface area contributed by atoms with Gasteiger partial charge in [0, 0.05) is 21.7 Å². The Labute approximate surface area is 155 Å². The van der Waals surface area contributed by atoms with Gasteiger partial charge in [0.05, 0.1) is 10.7 Å². The molecule has 0 heterocycles. The maximum atomic E-state index is 12.9. The molecule has 0 aliphatic carbocycles. The van der Waals surface area contributed by atoms with E-state index < -0.39 is 0 Å². The number of hydrogen-bond donors (Lipinski definition) is 1. The topological polar surface area (TPSA) is 46.2 Å². The predicted octanol–water partition coefficient (Wildman–Crippen LogP) is 5.48. The van der Waals surface area contributed by atoms with E-state index in [9.17, 15) is 9.59 Å². The standard InChI is InChI=1S/C20H13Cl2NO2/c21-14-10-11-18(23-20(25)13-6-2-1-3-7-13)16(12-14)19(24)15-8-4-5-9-17(15)22/h1-12H,(H,23,25). The van der Waals surface area contributed by atoms with Crippen LogP contribution < -0.4 is 5.32 Å². The van der Waals surface area contributed by atoms with Crippen LogP contribution in [0.1, 0.15) is 26.3 Å². The normalized spacial score (nSPS) is 10.3. The van der Waals surface area contributed by atoms with Crippen LogP contribution in [0.4, 0.5) is 5.69 Å². The first-order chi connectivity index (χ1) is 12.1. The zero-order valence-corrected chi connectivity index (χ0v) is 14.5. The fourth-order valence-corrected chi connectivity index (χ4v) is 2.78. The molecular weight excluding hydrogens is 357 g/mol. The first-order valence-corrected chi connectivity index (χ1v) is 8.27.